The molecular formula is C15H24F3N3. The molecule has 1 rings (SSSR count). The number of unbranched alkanes of at least 4 members (excludes halogenated alkanes) is 4. The van der Waals surface area contributed by atoms with Crippen molar-refractivity contribution in [2.24, 2.45) is 5.84 Å². The van der Waals surface area contributed by atoms with E-state index in [2.05, 4.69) is 12.3 Å². The van der Waals surface area contributed by atoms with Gasteiger partial charge in [-0.3, -0.25) is 11.3 Å². The number of hydrogen-bond donors (Lipinski definition) is 3. The maximum atomic E-state index is 12.8. The minimum atomic E-state index is -4.37. The third-order valence-corrected chi connectivity index (χ3v) is 3.59. The summed E-state index contributed by atoms with van der Waals surface area (Å²) in [5, 5.41) is 0. The maximum Gasteiger partial charge on any atom is 0.416 e. The third-order valence-electron chi connectivity index (χ3n) is 3.59. The minimum Gasteiger partial charge on any atom is -0.398 e. The van der Waals surface area contributed by atoms with E-state index in [9.17, 15) is 13.2 Å². The molecule has 5 N–H and O–H groups in total. The van der Waals surface area contributed by atoms with Crippen LogP contribution in [0.2, 0.25) is 0 Å². The largest absolute Gasteiger partial charge is 0.416 e. The number of nitrogen functional groups attached to an aromatic ring is 1. The SMILES string of the molecule is CCCCCCCC(NN)c1cc(C(F)(F)F)ccc1N. The van der Waals surface area contributed by atoms with Gasteiger partial charge in [-0.1, -0.05) is 39.0 Å². The Hall–Kier alpha value is -1.27. The average Bonchev–Trinajstić information content (AvgIpc) is 2.43. The van der Waals surface area contributed by atoms with Gasteiger partial charge in [0.25, 0.3) is 0 Å². The van der Waals surface area contributed by atoms with E-state index in [0.29, 0.717) is 17.7 Å². The fraction of sp³-hybridized carbons (Fsp3) is 0.600. The Balaban J connectivity index is 2.75. The number of nitrogens with one attached hydrogen (secondary N) is 1. The smallest absolute Gasteiger partial charge is 0.398 e. The van der Waals surface area contributed by atoms with Crippen molar-refractivity contribution in [3.8, 4) is 0 Å². The zero-order valence-corrected chi connectivity index (χ0v) is 12.3. The molecule has 0 saturated heterocycles. The second-order valence-corrected chi connectivity index (χ2v) is 5.26. The molecule has 0 aromatic heterocycles. The van der Waals surface area contributed by atoms with E-state index in [-0.39, 0.29) is 6.04 Å². The summed E-state index contributed by atoms with van der Waals surface area (Å²) in [6.45, 7) is 2.13. The first-order chi connectivity index (χ1) is 9.90. The number of benzene rings is 1. The number of anilines is 1. The third kappa shape index (κ3) is 5.55. The van der Waals surface area contributed by atoms with Crippen molar-refractivity contribution in [2.75, 3.05) is 5.73 Å². The van der Waals surface area contributed by atoms with Gasteiger partial charge in [-0.25, -0.2) is 0 Å². The summed E-state index contributed by atoms with van der Waals surface area (Å²) in [5.74, 6) is 5.49. The van der Waals surface area contributed by atoms with Gasteiger partial charge in [0.2, 0.25) is 0 Å². The molecule has 120 valence electrons. The van der Waals surface area contributed by atoms with Gasteiger partial charge in [0.05, 0.1) is 5.56 Å². The summed E-state index contributed by atoms with van der Waals surface area (Å²) in [7, 11) is 0. The van der Waals surface area contributed by atoms with E-state index in [1.54, 1.807) is 0 Å². The molecule has 6 heteroatoms. The average molecular weight is 303 g/mol. The van der Waals surface area contributed by atoms with E-state index in [0.717, 1.165) is 37.8 Å². The molecule has 0 aliphatic carbocycles. The molecule has 0 aliphatic rings. The van der Waals surface area contributed by atoms with E-state index >= 15 is 0 Å². The number of halogens is 3. The predicted molar refractivity (Wildman–Crippen MR) is 79.3 cm³/mol. The molecule has 1 aromatic carbocycles. The highest BCUT2D eigenvalue weighted by Gasteiger charge is 2.31. The van der Waals surface area contributed by atoms with Crippen molar-refractivity contribution in [3.05, 3.63) is 29.3 Å². The van der Waals surface area contributed by atoms with Crippen molar-refractivity contribution >= 4 is 5.69 Å². The van der Waals surface area contributed by atoms with Crippen LogP contribution in [-0.4, -0.2) is 0 Å². The summed E-state index contributed by atoms with van der Waals surface area (Å²) in [4.78, 5) is 0. The van der Waals surface area contributed by atoms with Crippen LogP contribution in [0.5, 0.6) is 0 Å². The zero-order chi connectivity index (χ0) is 15.9. The summed E-state index contributed by atoms with van der Waals surface area (Å²) in [6, 6.07) is 3.02. The van der Waals surface area contributed by atoms with Crippen LogP contribution in [0.15, 0.2) is 18.2 Å². The van der Waals surface area contributed by atoms with Gasteiger partial charge in [0.15, 0.2) is 0 Å². The molecule has 0 radical (unpaired) electrons. The molecular weight excluding hydrogens is 279 g/mol. The Morgan fingerprint density at radius 1 is 1.14 bits per heavy atom. The van der Waals surface area contributed by atoms with Gasteiger partial charge in [-0.05, 0) is 30.2 Å². The summed E-state index contributed by atoms with van der Waals surface area (Å²) in [6.07, 6.45) is 1.71. The topological polar surface area (TPSA) is 64.1 Å². The van der Waals surface area contributed by atoms with Gasteiger partial charge in [-0.2, -0.15) is 13.2 Å². The molecule has 21 heavy (non-hydrogen) atoms. The fourth-order valence-electron chi connectivity index (χ4n) is 2.33. The monoisotopic (exact) mass is 303 g/mol. The molecule has 0 heterocycles. The predicted octanol–water partition coefficient (Wildman–Crippen LogP) is 4.15. The van der Waals surface area contributed by atoms with Gasteiger partial charge >= 0.3 is 6.18 Å². The molecule has 0 amide bonds. The van der Waals surface area contributed by atoms with Crippen LogP contribution in [-0.2, 0) is 6.18 Å². The second-order valence-electron chi connectivity index (χ2n) is 5.26. The Kier molecular flexibility index (Phi) is 6.98. The maximum absolute atomic E-state index is 12.8. The van der Waals surface area contributed by atoms with E-state index in [1.165, 1.54) is 12.5 Å². The summed E-state index contributed by atoms with van der Waals surface area (Å²) in [5.41, 5.74) is 8.44. The lowest BCUT2D eigenvalue weighted by Crippen LogP contribution is -2.29. The summed E-state index contributed by atoms with van der Waals surface area (Å²) < 4.78 is 38.3. The number of hydrogen-bond acceptors (Lipinski definition) is 3. The first-order valence-electron chi connectivity index (χ1n) is 7.33. The molecule has 0 saturated carbocycles. The van der Waals surface area contributed by atoms with Crippen LogP contribution in [0.3, 0.4) is 0 Å². The Morgan fingerprint density at radius 3 is 2.38 bits per heavy atom. The molecule has 1 atom stereocenters. The first-order valence-corrected chi connectivity index (χ1v) is 7.33. The highest BCUT2D eigenvalue weighted by molar-refractivity contribution is 5.50. The highest BCUT2D eigenvalue weighted by Crippen LogP contribution is 2.34. The number of alkyl halides is 3. The van der Waals surface area contributed by atoms with Crippen molar-refractivity contribution < 1.29 is 13.2 Å². The van der Waals surface area contributed by atoms with E-state index in [1.807, 2.05) is 0 Å². The lowest BCUT2D eigenvalue weighted by molar-refractivity contribution is -0.137. The van der Waals surface area contributed by atoms with Gasteiger partial charge in [0.1, 0.15) is 0 Å². The highest BCUT2D eigenvalue weighted by atomic mass is 19.4. The fourth-order valence-corrected chi connectivity index (χ4v) is 2.33. The molecule has 1 aromatic rings. The Morgan fingerprint density at radius 2 is 1.81 bits per heavy atom. The van der Waals surface area contributed by atoms with Gasteiger partial charge < -0.3 is 5.73 Å². The molecule has 0 fully saturated rings. The van der Waals surface area contributed by atoms with Crippen LogP contribution < -0.4 is 17.0 Å². The second kappa shape index (κ2) is 8.24. The number of rotatable bonds is 8. The van der Waals surface area contributed by atoms with Crippen LogP contribution >= 0.6 is 0 Å². The Labute approximate surface area is 123 Å². The van der Waals surface area contributed by atoms with Crippen LogP contribution in [0.1, 0.15) is 62.6 Å². The van der Waals surface area contributed by atoms with Crippen LogP contribution in [0.25, 0.3) is 0 Å². The standard InChI is InChI=1S/C15H24F3N3/c1-2-3-4-5-6-7-14(21-20)12-10-11(15(16,17)18)8-9-13(12)19/h8-10,14,21H,2-7,19-20H2,1H3. The molecule has 3 nitrogen and oxygen atoms in total. The zero-order valence-electron chi connectivity index (χ0n) is 12.3. The lowest BCUT2D eigenvalue weighted by atomic mass is 9.97. The summed E-state index contributed by atoms with van der Waals surface area (Å²) >= 11 is 0. The van der Waals surface area contributed by atoms with Crippen molar-refractivity contribution in [2.45, 2.75) is 57.7 Å². The normalized spacial score (nSPS) is 13.4. The lowest BCUT2D eigenvalue weighted by Gasteiger charge is -2.20. The van der Waals surface area contributed by atoms with Crippen molar-refractivity contribution in [1.82, 2.24) is 5.43 Å². The van der Waals surface area contributed by atoms with Gasteiger partial charge in [-0.15, -0.1) is 0 Å². The Bertz CT molecular complexity index is 433. The number of nitrogens with two attached hydrogens (primary N) is 2. The number of hydrazine groups is 1. The molecule has 0 spiro atoms. The van der Waals surface area contributed by atoms with Crippen LogP contribution in [0.4, 0.5) is 18.9 Å². The molecule has 0 bridgehead atoms. The van der Waals surface area contributed by atoms with E-state index < -0.39 is 11.7 Å². The quantitative estimate of drug-likeness (QED) is 0.292. The molecule has 0 aliphatic heterocycles. The van der Waals surface area contributed by atoms with Crippen LogP contribution in [0, 0.1) is 0 Å². The molecule has 1 unspecified atom stereocenters. The van der Waals surface area contributed by atoms with Crippen molar-refractivity contribution in [1.29, 1.82) is 0 Å². The minimum absolute atomic E-state index is 0.333. The first kappa shape index (κ1) is 17.8. The van der Waals surface area contributed by atoms with Crippen molar-refractivity contribution in [3.63, 3.8) is 0 Å². The van der Waals surface area contributed by atoms with Gasteiger partial charge in [0, 0.05) is 11.7 Å². The van der Waals surface area contributed by atoms with E-state index in [4.69, 9.17) is 11.6 Å².